The van der Waals surface area contributed by atoms with Crippen molar-refractivity contribution in [2.24, 2.45) is 10.9 Å². The molecule has 2 fully saturated rings. The van der Waals surface area contributed by atoms with Gasteiger partial charge in [-0.1, -0.05) is 5.16 Å². The van der Waals surface area contributed by atoms with E-state index in [2.05, 4.69) is 25.3 Å². The number of hydrogen-bond acceptors (Lipinski definition) is 5. The lowest BCUT2D eigenvalue weighted by Gasteiger charge is -2.36. The molecule has 11 heteroatoms. The van der Waals surface area contributed by atoms with E-state index in [1.165, 1.54) is 4.90 Å². The van der Waals surface area contributed by atoms with E-state index in [1.807, 2.05) is 6.07 Å². The molecule has 7 nitrogen and oxygen atoms in total. The molecule has 1 N–H and O–H groups in total. The minimum Gasteiger partial charge on any atom is -0.364 e. The van der Waals surface area contributed by atoms with E-state index in [4.69, 9.17) is 4.52 Å². The Hall–Kier alpha value is -1.08. The molecule has 0 spiro atoms. The molecular formula is C19H32F3IN6O. The maximum Gasteiger partial charge on any atom is 0.401 e. The molecule has 172 valence electrons. The van der Waals surface area contributed by atoms with E-state index in [1.54, 1.807) is 13.3 Å². The van der Waals surface area contributed by atoms with Gasteiger partial charge in [0.05, 0.1) is 12.2 Å². The summed E-state index contributed by atoms with van der Waals surface area (Å²) in [5, 5.41) is 7.40. The summed E-state index contributed by atoms with van der Waals surface area (Å²) in [6.45, 7) is 5.54. The lowest BCUT2D eigenvalue weighted by atomic mass is 9.93. The third-order valence-electron chi connectivity index (χ3n) is 5.71. The standard InChI is InChI=1S/C19H31F3N6O.HI/c1-23-18(28-11-9-26(10-12-28)14-17-5-13-29-25-17)24-6-2-16-3-7-27(8-4-16)15-19(20,21)22;/h5,13,16H,2-4,6-12,14-15H2,1H3,(H,23,24);1H. The van der Waals surface area contributed by atoms with E-state index in [0.29, 0.717) is 19.0 Å². The van der Waals surface area contributed by atoms with Gasteiger partial charge in [-0.3, -0.25) is 14.8 Å². The van der Waals surface area contributed by atoms with Gasteiger partial charge in [0.15, 0.2) is 5.96 Å². The Labute approximate surface area is 193 Å². The van der Waals surface area contributed by atoms with Gasteiger partial charge in [-0.25, -0.2) is 0 Å². The second-order valence-corrected chi connectivity index (χ2v) is 7.85. The largest absolute Gasteiger partial charge is 0.401 e. The van der Waals surface area contributed by atoms with Crippen molar-refractivity contribution in [2.45, 2.75) is 32.0 Å². The van der Waals surface area contributed by atoms with Crippen LogP contribution in [0.1, 0.15) is 25.0 Å². The normalized spacial score (nSPS) is 20.3. The summed E-state index contributed by atoms with van der Waals surface area (Å²) >= 11 is 0. The molecule has 0 bridgehead atoms. The first-order chi connectivity index (χ1) is 13.9. The third kappa shape index (κ3) is 8.22. The Bertz CT molecular complexity index is 627. The fourth-order valence-corrected chi connectivity index (χ4v) is 4.07. The summed E-state index contributed by atoms with van der Waals surface area (Å²) < 4.78 is 42.3. The maximum atomic E-state index is 12.5. The van der Waals surface area contributed by atoms with Crippen molar-refractivity contribution in [1.29, 1.82) is 0 Å². The number of nitrogens with one attached hydrogen (secondary N) is 1. The monoisotopic (exact) mass is 544 g/mol. The Kier molecular flexibility index (Phi) is 10.1. The first-order valence-electron chi connectivity index (χ1n) is 10.3. The van der Waals surface area contributed by atoms with Gasteiger partial charge >= 0.3 is 6.18 Å². The molecule has 0 saturated carbocycles. The van der Waals surface area contributed by atoms with E-state index in [9.17, 15) is 13.2 Å². The van der Waals surface area contributed by atoms with Crippen LogP contribution in [0.3, 0.4) is 0 Å². The number of nitrogens with zero attached hydrogens (tertiary/aromatic N) is 5. The summed E-state index contributed by atoms with van der Waals surface area (Å²) in [4.78, 5) is 10.5. The lowest BCUT2D eigenvalue weighted by Crippen LogP contribution is -2.52. The van der Waals surface area contributed by atoms with E-state index < -0.39 is 12.7 Å². The summed E-state index contributed by atoms with van der Waals surface area (Å²) in [5.74, 6) is 1.38. The van der Waals surface area contributed by atoms with Crippen LogP contribution in [-0.4, -0.2) is 91.4 Å². The molecule has 3 heterocycles. The zero-order valence-electron chi connectivity index (χ0n) is 17.4. The van der Waals surface area contributed by atoms with Crippen LogP contribution in [0.5, 0.6) is 0 Å². The second kappa shape index (κ2) is 12.1. The van der Waals surface area contributed by atoms with Crippen LogP contribution in [0.15, 0.2) is 21.8 Å². The molecule has 0 radical (unpaired) electrons. The Balaban J connectivity index is 0.00000320. The number of rotatable bonds is 6. The number of piperazine rings is 1. The Morgan fingerprint density at radius 1 is 1.17 bits per heavy atom. The summed E-state index contributed by atoms with van der Waals surface area (Å²) in [7, 11) is 1.79. The highest BCUT2D eigenvalue weighted by Gasteiger charge is 2.32. The predicted octanol–water partition coefficient (Wildman–Crippen LogP) is 2.65. The topological polar surface area (TPSA) is 60.1 Å². The smallest absolute Gasteiger partial charge is 0.364 e. The highest BCUT2D eigenvalue weighted by Crippen LogP contribution is 2.24. The molecule has 0 amide bonds. The summed E-state index contributed by atoms with van der Waals surface area (Å²) in [6, 6.07) is 1.89. The Morgan fingerprint density at radius 2 is 1.87 bits per heavy atom. The molecule has 2 aliphatic rings. The van der Waals surface area contributed by atoms with Crippen LogP contribution >= 0.6 is 24.0 Å². The molecule has 0 atom stereocenters. The highest BCUT2D eigenvalue weighted by molar-refractivity contribution is 14.0. The van der Waals surface area contributed by atoms with Crippen LogP contribution in [0.4, 0.5) is 13.2 Å². The number of aliphatic imine (C=N–C) groups is 1. The quantitative estimate of drug-likeness (QED) is 0.338. The molecule has 0 aromatic carbocycles. The molecular weight excluding hydrogens is 512 g/mol. The zero-order chi connectivity index (χ0) is 20.7. The van der Waals surface area contributed by atoms with Gasteiger partial charge in [0.2, 0.25) is 0 Å². The summed E-state index contributed by atoms with van der Waals surface area (Å²) in [6.07, 6.45) is 0.122. The van der Waals surface area contributed by atoms with Crippen LogP contribution in [0.25, 0.3) is 0 Å². The maximum absolute atomic E-state index is 12.5. The van der Waals surface area contributed by atoms with Crippen LogP contribution in [-0.2, 0) is 6.54 Å². The van der Waals surface area contributed by atoms with Crippen molar-refractivity contribution < 1.29 is 17.7 Å². The molecule has 2 saturated heterocycles. The number of halogens is 4. The fourth-order valence-electron chi connectivity index (χ4n) is 4.07. The fraction of sp³-hybridized carbons (Fsp3) is 0.789. The van der Waals surface area contributed by atoms with E-state index >= 15 is 0 Å². The Morgan fingerprint density at radius 3 is 2.43 bits per heavy atom. The molecule has 0 unspecified atom stereocenters. The average Bonchev–Trinajstić information content (AvgIpc) is 3.19. The second-order valence-electron chi connectivity index (χ2n) is 7.85. The average molecular weight is 544 g/mol. The van der Waals surface area contributed by atoms with E-state index in [0.717, 1.165) is 70.2 Å². The molecule has 2 aliphatic heterocycles. The molecule has 1 aromatic heterocycles. The number of hydrogen-bond donors (Lipinski definition) is 1. The van der Waals surface area contributed by atoms with E-state index in [-0.39, 0.29) is 24.0 Å². The zero-order valence-corrected chi connectivity index (χ0v) is 19.7. The SMILES string of the molecule is CN=C(NCCC1CCN(CC(F)(F)F)CC1)N1CCN(Cc2ccon2)CC1.I. The number of likely N-dealkylation sites (tertiary alicyclic amines) is 1. The number of piperidine rings is 1. The van der Waals surface area contributed by atoms with Gasteiger partial charge in [-0.05, 0) is 38.3 Å². The van der Waals surface area contributed by atoms with Crippen molar-refractivity contribution in [3.05, 3.63) is 18.0 Å². The molecule has 1 aromatic rings. The molecule has 0 aliphatic carbocycles. The summed E-state index contributed by atoms with van der Waals surface area (Å²) in [5.41, 5.74) is 0.947. The first kappa shape index (κ1) is 25.2. The molecule has 30 heavy (non-hydrogen) atoms. The predicted molar refractivity (Wildman–Crippen MR) is 120 cm³/mol. The van der Waals surface area contributed by atoms with Crippen molar-refractivity contribution in [2.75, 3.05) is 59.4 Å². The highest BCUT2D eigenvalue weighted by atomic mass is 127. The number of aromatic nitrogens is 1. The van der Waals surface area contributed by atoms with Gasteiger partial charge in [-0.15, -0.1) is 24.0 Å². The van der Waals surface area contributed by atoms with Crippen molar-refractivity contribution in [1.82, 2.24) is 25.2 Å². The molecule has 3 rings (SSSR count). The minimum atomic E-state index is -4.10. The third-order valence-corrected chi connectivity index (χ3v) is 5.71. The van der Waals surface area contributed by atoms with Gasteiger partial charge in [0.1, 0.15) is 6.26 Å². The minimum absolute atomic E-state index is 0. The van der Waals surface area contributed by atoms with Gasteiger partial charge in [0, 0.05) is 52.4 Å². The van der Waals surface area contributed by atoms with Crippen LogP contribution < -0.4 is 5.32 Å². The number of guanidine groups is 1. The van der Waals surface area contributed by atoms with Crippen LogP contribution in [0, 0.1) is 5.92 Å². The first-order valence-corrected chi connectivity index (χ1v) is 10.3. The lowest BCUT2D eigenvalue weighted by molar-refractivity contribution is -0.148. The van der Waals surface area contributed by atoms with Crippen molar-refractivity contribution >= 4 is 29.9 Å². The van der Waals surface area contributed by atoms with Crippen LogP contribution in [0.2, 0.25) is 0 Å². The van der Waals surface area contributed by atoms with Crippen molar-refractivity contribution in [3.63, 3.8) is 0 Å². The number of alkyl halides is 3. The van der Waals surface area contributed by atoms with Gasteiger partial charge in [0.25, 0.3) is 0 Å². The van der Waals surface area contributed by atoms with Gasteiger partial charge in [-0.2, -0.15) is 13.2 Å². The van der Waals surface area contributed by atoms with Crippen molar-refractivity contribution in [3.8, 4) is 0 Å². The van der Waals surface area contributed by atoms with Gasteiger partial charge < -0.3 is 14.7 Å².